The molecular weight excluding hydrogens is 434 g/mol. The number of hydrogen-bond donors (Lipinski definition) is 5. The Labute approximate surface area is 193 Å². The zero-order valence-electron chi connectivity index (χ0n) is 19.0. The number of carbonyl (C=O) groups excluding carboxylic acids is 2. The summed E-state index contributed by atoms with van der Waals surface area (Å²) in [7, 11) is 0. The number of carbonyl (C=O) groups is 4. The monoisotopic (exact) mass is 469 g/mol. The largest absolute Gasteiger partial charge is 0.481 e. The molecule has 1 aromatic rings. The maximum atomic E-state index is 12.7. The lowest BCUT2D eigenvalue weighted by Crippen LogP contribution is -2.55. The Morgan fingerprint density at radius 2 is 1.53 bits per heavy atom. The Balaban J connectivity index is 0.00000220. The van der Waals surface area contributed by atoms with Crippen LogP contribution in [0.1, 0.15) is 39.2 Å². The van der Waals surface area contributed by atoms with Crippen LogP contribution in [-0.2, 0) is 25.6 Å². The zero-order valence-corrected chi connectivity index (χ0v) is 19.9. The van der Waals surface area contributed by atoms with Gasteiger partial charge in [-0.15, -0.1) is 0 Å². The summed E-state index contributed by atoms with van der Waals surface area (Å²) in [6.07, 6.45) is 3.00. The lowest BCUT2D eigenvalue weighted by Gasteiger charge is -2.24. The number of carboxylic acids is 2. The summed E-state index contributed by atoms with van der Waals surface area (Å²) in [6.45, 7) is 4.94. The van der Waals surface area contributed by atoms with Crippen LogP contribution < -0.4 is 16.4 Å². The van der Waals surface area contributed by atoms with Gasteiger partial charge in [0.25, 0.3) is 5.97 Å². The summed E-state index contributed by atoms with van der Waals surface area (Å²) < 4.78 is 0. The minimum absolute atomic E-state index is 0.135. The molecule has 0 spiro atoms. The van der Waals surface area contributed by atoms with E-state index in [0.717, 1.165) is 18.2 Å². The molecule has 0 aliphatic rings. The SMILES string of the molecule is CC(=O)O.CSCC[C@H](N)C(=O)N[C@@H](CC(C)C)C(=O)N[C@@H](Cc1ccccc1)C(=O)O. The average Bonchev–Trinajstić information content (AvgIpc) is 2.70. The van der Waals surface area contributed by atoms with Crippen LogP contribution in [0.25, 0.3) is 0 Å². The second-order valence-electron chi connectivity index (χ2n) is 7.69. The van der Waals surface area contributed by atoms with E-state index in [1.807, 2.05) is 38.3 Å². The minimum atomic E-state index is -1.12. The molecule has 180 valence electrons. The molecule has 0 saturated carbocycles. The van der Waals surface area contributed by atoms with Crippen molar-refractivity contribution in [3.05, 3.63) is 35.9 Å². The van der Waals surface area contributed by atoms with Crippen molar-refractivity contribution in [3.8, 4) is 0 Å². The number of thioether (sulfide) groups is 1. The number of amides is 2. The van der Waals surface area contributed by atoms with Crippen molar-refractivity contribution >= 4 is 35.5 Å². The first-order valence-corrected chi connectivity index (χ1v) is 11.7. The topological polar surface area (TPSA) is 159 Å². The van der Waals surface area contributed by atoms with Gasteiger partial charge in [-0.05, 0) is 36.3 Å². The maximum absolute atomic E-state index is 12.7. The van der Waals surface area contributed by atoms with Crippen molar-refractivity contribution in [2.45, 2.75) is 58.2 Å². The predicted molar refractivity (Wildman–Crippen MR) is 125 cm³/mol. The van der Waals surface area contributed by atoms with Crippen LogP contribution in [0, 0.1) is 5.92 Å². The van der Waals surface area contributed by atoms with Crippen molar-refractivity contribution in [2.75, 3.05) is 12.0 Å². The molecule has 0 radical (unpaired) electrons. The Bertz CT molecular complexity index is 726. The molecule has 0 aromatic heterocycles. The minimum Gasteiger partial charge on any atom is -0.481 e. The molecule has 0 aliphatic carbocycles. The van der Waals surface area contributed by atoms with Crippen LogP contribution in [0.3, 0.4) is 0 Å². The fraction of sp³-hybridized carbons (Fsp3) is 0.545. The highest BCUT2D eigenvalue weighted by molar-refractivity contribution is 7.98. The first-order valence-electron chi connectivity index (χ1n) is 10.3. The Kier molecular flexibility index (Phi) is 14.8. The second kappa shape index (κ2) is 16.1. The van der Waals surface area contributed by atoms with Crippen molar-refractivity contribution in [1.82, 2.24) is 10.6 Å². The van der Waals surface area contributed by atoms with E-state index in [4.69, 9.17) is 15.6 Å². The van der Waals surface area contributed by atoms with Crippen LogP contribution in [-0.4, -0.2) is 64.1 Å². The van der Waals surface area contributed by atoms with Gasteiger partial charge < -0.3 is 26.6 Å². The van der Waals surface area contributed by atoms with E-state index < -0.39 is 41.9 Å². The molecule has 1 aromatic carbocycles. The average molecular weight is 470 g/mol. The summed E-state index contributed by atoms with van der Waals surface area (Å²) in [5.41, 5.74) is 6.69. The van der Waals surface area contributed by atoms with Gasteiger partial charge in [0.05, 0.1) is 6.04 Å². The normalized spacial score (nSPS) is 13.2. The van der Waals surface area contributed by atoms with Crippen LogP contribution >= 0.6 is 11.8 Å². The molecule has 1 rings (SSSR count). The lowest BCUT2D eigenvalue weighted by atomic mass is 10.0. The van der Waals surface area contributed by atoms with Gasteiger partial charge >= 0.3 is 5.97 Å². The van der Waals surface area contributed by atoms with Gasteiger partial charge in [0, 0.05) is 13.3 Å². The van der Waals surface area contributed by atoms with Gasteiger partial charge in [-0.2, -0.15) is 11.8 Å². The van der Waals surface area contributed by atoms with Crippen molar-refractivity contribution in [3.63, 3.8) is 0 Å². The third kappa shape index (κ3) is 13.7. The standard InChI is InChI=1S/C20H31N3O4S.C2H4O2/c1-13(2)11-16(22-18(24)15(21)9-10-28-3)19(25)23-17(20(26)27)12-14-7-5-4-6-8-14;1-2(3)4/h4-8,13,15-17H,9-12,21H2,1-3H3,(H,22,24)(H,23,25)(H,26,27);1H3,(H,3,4)/t15-,16-,17-;/m0./s1. The third-order valence-electron chi connectivity index (χ3n) is 4.21. The molecule has 0 aliphatic heterocycles. The molecule has 10 heteroatoms. The number of nitrogens with one attached hydrogen (secondary N) is 2. The molecule has 32 heavy (non-hydrogen) atoms. The number of carboxylic acid groups (broad SMARTS) is 2. The summed E-state index contributed by atoms with van der Waals surface area (Å²) in [5.74, 6) is -1.99. The molecule has 6 N–H and O–H groups in total. The zero-order chi connectivity index (χ0) is 24.7. The van der Waals surface area contributed by atoms with Crippen molar-refractivity contribution in [2.24, 2.45) is 11.7 Å². The first kappa shape index (κ1) is 29.4. The van der Waals surface area contributed by atoms with E-state index in [1.165, 1.54) is 0 Å². The maximum Gasteiger partial charge on any atom is 0.326 e. The fourth-order valence-corrected chi connectivity index (χ4v) is 3.17. The van der Waals surface area contributed by atoms with E-state index in [2.05, 4.69) is 10.6 Å². The van der Waals surface area contributed by atoms with Gasteiger partial charge in [-0.3, -0.25) is 14.4 Å². The number of nitrogens with two attached hydrogens (primary N) is 1. The number of rotatable bonds is 12. The lowest BCUT2D eigenvalue weighted by molar-refractivity contribution is -0.142. The van der Waals surface area contributed by atoms with E-state index in [-0.39, 0.29) is 12.3 Å². The molecule has 3 atom stereocenters. The molecule has 9 nitrogen and oxygen atoms in total. The Hall–Kier alpha value is -2.59. The van der Waals surface area contributed by atoms with E-state index in [9.17, 15) is 19.5 Å². The van der Waals surface area contributed by atoms with Gasteiger partial charge in [-0.1, -0.05) is 44.2 Å². The molecule has 0 unspecified atom stereocenters. The first-order chi connectivity index (χ1) is 15.0. The molecule has 0 heterocycles. The van der Waals surface area contributed by atoms with Gasteiger partial charge in [0.15, 0.2) is 0 Å². The number of benzene rings is 1. The van der Waals surface area contributed by atoms with Gasteiger partial charge in [0.2, 0.25) is 11.8 Å². The van der Waals surface area contributed by atoms with Crippen LogP contribution in [0.5, 0.6) is 0 Å². The molecule has 0 fully saturated rings. The summed E-state index contributed by atoms with van der Waals surface area (Å²) in [6, 6.07) is 6.47. The quantitative estimate of drug-likeness (QED) is 0.308. The smallest absolute Gasteiger partial charge is 0.326 e. The summed E-state index contributed by atoms with van der Waals surface area (Å²) >= 11 is 1.59. The number of hydrogen-bond acceptors (Lipinski definition) is 6. The highest BCUT2D eigenvalue weighted by atomic mass is 32.2. The second-order valence-corrected chi connectivity index (χ2v) is 8.67. The Morgan fingerprint density at radius 3 is 2.00 bits per heavy atom. The van der Waals surface area contributed by atoms with Crippen molar-refractivity contribution < 1.29 is 29.4 Å². The molecule has 0 saturated heterocycles. The molecule has 2 amide bonds. The van der Waals surface area contributed by atoms with Gasteiger partial charge in [0.1, 0.15) is 12.1 Å². The van der Waals surface area contributed by atoms with E-state index in [0.29, 0.717) is 12.8 Å². The summed E-state index contributed by atoms with van der Waals surface area (Å²) in [4.78, 5) is 45.6. The van der Waals surface area contributed by atoms with E-state index >= 15 is 0 Å². The van der Waals surface area contributed by atoms with Crippen molar-refractivity contribution in [1.29, 1.82) is 0 Å². The van der Waals surface area contributed by atoms with Gasteiger partial charge in [-0.25, -0.2) is 4.79 Å². The van der Waals surface area contributed by atoms with E-state index in [1.54, 1.807) is 23.9 Å². The fourth-order valence-electron chi connectivity index (χ4n) is 2.68. The Morgan fingerprint density at radius 1 is 1.00 bits per heavy atom. The van der Waals surface area contributed by atoms with Crippen LogP contribution in [0.4, 0.5) is 0 Å². The molecular formula is C22H35N3O6S. The predicted octanol–water partition coefficient (Wildman–Crippen LogP) is 1.50. The summed E-state index contributed by atoms with van der Waals surface area (Å²) in [5, 5.41) is 22.2. The highest BCUT2D eigenvalue weighted by Crippen LogP contribution is 2.09. The number of aliphatic carboxylic acids is 2. The highest BCUT2D eigenvalue weighted by Gasteiger charge is 2.28. The van der Waals surface area contributed by atoms with Crippen LogP contribution in [0.2, 0.25) is 0 Å². The van der Waals surface area contributed by atoms with Crippen LogP contribution in [0.15, 0.2) is 30.3 Å². The molecule has 0 bridgehead atoms. The third-order valence-corrected chi connectivity index (χ3v) is 4.85.